The summed E-state index contributed by atoms with van der Waals surface area (Å²) in [7, 11) is 4.29. The van der Waals surface area contributed by atoms with E-state index >= 15 is 0 Å². The van der Waals surface area contributed by atoms with Crippen molar-refractivity contribution in [3.63, 3.8) is 0 Å². The Kier molecular flexibility index (Phi) is 9.60. The number of carboxylic acids is 1. The van der Waals surface area contributed by atoms with E-state index in [-0.39, 0.29) is 11.9 Å². The lowest BCUT2D eigenvalue weighted by Gasteiger charge is -2.15. The highest BCUT2D eigenvalue weighted by atomic mass is 16.5. The Hall–Kier alpha value is -1.14. The van der Waals surface area contributed by atoms with E-state index in [0.29, 0.717) is 6.61 Å². The molecule has 0 spiro atoms. The molecule has 1 atom stereocenters. The molecule has 0 fully saturated rings. The lowest BCUT2D eigenvalue weighted by atomic mass is 10.1. The maximum Gasteiger partial charge on any atom is 0.335 e. The van der Waals surface area contributed by atoms with Gasteiger partial charge in [-0.3, -0.25) is 4.79 Å². The van der Waals surface area contributed by atoms with Crippen molar-refractivity contribution in [2.75, 3.05) is 27.9 Å². The number of esters is 1. The van der Waals surface area contributed by atoms with Gasteiger partial charge < -0.3 is 19.3 Å². The Morgan fingerprint density at radius 1 is 1.24 bits per heavy atom. The summed E-state index contributed by atoms with van der Waals surface area (Å²) in [5, 5.41) is 8.32. The van der Waals surface area contributed by atoms with E-state index in [2.05, 4.69) is 9.47 Å². The summed E-state index contributed by atoms with van der Waals surface area (Å²) in [4.78, 5) is 20.7. The van der Waals surface area contributed by atoms with Gasteiger partial charge in [-0.15, -0.1) is 0 Å². The summed E-state index contributed by atoms with van der Waals surface area (Å²) in [6, 6.07) is 0. The maximum atomic E-state index is 10.6. The summed E-state index contributed by atoms with van der Waals surface area (Å²) in [5.41, 5.74) is -1.04. The number of aliphatic carboxylic acids is 1. The molecule has 0 saturated carbocycles. The highest BCUT2D eigenvalue weighted by Gasteiger charge is 2.25. The zero-order valence-corrected chi connectivity index (χ0v) is 11.3. The van der Waals surface area contributed by atoms with Gasteiger partial charge in [0.05, 0.1) is 19.6 Å². The number of carbonyl (C=O) groups is 2. The molecule has 1 unspecified atom stereocenters. The minimum Gasteiger partial charge on any atom is -0.479 e. The number of hydrogen-bond donors (Lipinski definition) is 1. The van der Waals surface area contributed by atoms with Crippen molar-refractivity contribution in [3.05, 3.63) is 0 Å². The van der Waals surface area contributed by atoms with Crippen molar-refractivity contribution in [3.8, 4) is 0 Å². The van der Waals surface area contributed by atoms with Crippen molar-refractivity contribution < 1.29 is 28.9 Å². The smallest absolute Gasteiger partial charge is 0.335 e. The SMILES string of the molecule is COC(C)(C)C(=O)O.COCC(C)C(=O)OC. The zero-order valence-electron chi connectivity index (χ0n) is 11.3. The summed E-state index contributed by atoms with van der Waals surface area (Å²) in [6.45, 7) is 5.17. The second-order valence-corrected chi connectivity index (χ2v) is 3.90. The molecule has 0 bridgehead atoms. The highest BCUT2D eigenvalue weighted by Crippen LogP contribution is 2.05. The first-order chi connectivity index (χ1) is 7.72. The third kappa shape index (κ3) is 8.65. The second-order valence-electron chi connectivity index (χ2n) is 3.90. The maximum absolute atomic E-state index is 10.6. The van der Waals surface area contributed by atoms with E-state index < -0.39 is 11.6 Å². The zero-order chi connectivity index (χ0) is 14.1. The topological polar surface area (TPSA) is 82.1 Å². The van der Waals surface area contributed by atoms with Crippen LogP contribution in [0.25, 0.3) is 0 Å². The molecule has 0 aliphatic rings. The van der Waals surface area contributed by atoms with Crippen LogP contribution in [0.4, 0.5) is 0 Å². The first-order valence-corrected chi connectivity index (χ1v) is 5.08. The van der Waals surface area contributed by atoms with Crippen molar-refractivity contribution in [2.45, 2.75) is 26.4 Å². The monoisotopic (exact) mass is 250 g/mol. The van der Waals surface area contributed by atoms with Gasteiger partial charge in [0.2, 0.25) is 0 Å². The molecule has 0 aromatic carbocycles. The van der Waals surface area contributed by atoms with Gasteiger partial charge in [0.15, 0.2) is 5.60 Å². The molecule has 0 radical (unpaired) electrons. The van der Waals surface area contributed by atoms with Crippen molar-refractivity contribution in [1.29, 1.82) is 0 Å². The highest BCUT2D eigenvalue weighted by molar-refractivity contribution is 5.76. The number of methoxy groups -OCH3 is 3. The molecule has 6 heteroatoms. The normalized spacial score (nSPS) is 12.1. The van der Waals surface area contributed by atoms with Crippen LogP contribution in [0.5, 0.6) is 0 Å². The molecule has 17 heavy (non-hydrogen) atoms. The van der Waals surface area contributed by atoms with Crippen LogP contribution in [0.15, 0.2) is 0 Å². The molecule has 0 aromatic heterocycles. The molecular formula is C11H22O6. The summed E-state index contributed by atoms with van der Waals surface area (Å²) in [6.07, 6.45) is 0. The van der Waals surface area contributed by atoms with Gasteiger partial charge in [0.25, 0.3) is 0 Å². The molecule has 0 amide bonds. The fraction of sp³-hybridized carbons (Fsp3) is 0.818. The second kappa shape index (κ2) is 8.95. The van der Waals surface area contributed by atoms with E-state index in [0.717, 1.165) is 0 Å². The van der Waals surface area contributed by atoms with Crippen LogP contribution < -0.4 is 0 Å². The molecular weight excluding hydrogens is 228 g/mol. The van der Waals surface area contributed by atoms with Gasteiger partial charge in [-0.1, -0.05) is 0 Å². The first kappa shape index (κ1) is 18.2. The van der Waals surface area contributed by atoms with Gasteiger partial charge in [-0.2, -0.15) is 0 Å². The standard InChI is InChI=1S/C6H12O3.C5H10O3/c1-5(4-8-2)6(7)9-3;1-5(2,8-3)4(6)7/h5H,4H2,1-3H3;1-3H3,(H,6,7). The lowest BCUT2D eigenvalue weighted by Crippen LogP contribution is -2.33. The van der Waals surface area contributed by atoms with Crippen LogP contribution in [-0.2, 0) is 23.8 Å². The molecule has 0 rings (SSSR count). The van der Waals surface area contributed by atoms with Crippen LogP contribution in [0.2, 0.25) is 0 Å². The summed E-state index contributed by atoms with van der Waals surface area (Å²) >= 11 is 0. The van der Waals surface area contributed by atoms with Crippen LogP contribution in [0, 0.1) is 5.92 Å². The predicted octanol–water partition coefficient (Wildman–Crippen LogP) is 0.938. The molecule has 0 saturated heterocycles. The molecule has 0 aliphatic carbocycles. The number of carboxylic acid groups (broad SMARTS) is 1. The van der Waals surface area contributed by atoms with Gasteiger partial charge in [-0.05, 0) is 20.8 Å². The largest absolute Gasteiger partial charge is 0.479 e. The van der Waals surface area contributed by atoms with Crippen molar-refractivity contribution in [2.24, 2.45) is 5.92 Å². The van der Waals surface area contributed by atoms with E-state index in [4.69, 9.17) is 9.84 Å². The van der Waals surface area contributed by atoms with Crippen LogP contribution in [0.1, 0.15) is 20.8 Å². The number of rotatable bonds is 5. The average molecular weight is 250 g/mol. The first-order valence-electron chi connectivity index (χ1n) is 5.08. The molecule has 0 aromatic rings. The Morgan fingerprint density at radius 3 is 1.88 bits per heavy atom. The Balaban J connectivity index is 0. The molecule has 6 nitrogen and oxygen atoms in total. The third-order valence-corrected chi connectivity index (χ3v) is 2.05. The quantitative estimate of drug-likeness (QED) is 0.731. The molecule has 0 heterocycles. The van der Waals surface area contributed by atoms with Gasteiger partial charge in [-0.25, -0.2) is 4.79 Å². The fourth-order valence-electron chi connectivity index (χ4n) is 0.607. The minimum absolute atomic E-state index is 0.153. The third-order valence-electron chi connectivity index (χ3n) is 2.05. The molecule has 1 N–H and O–H groups in total. The number of carbonyl (C=O) groups excluding carboxylic acids is 1. The fourth-order valence-corrected chi connectivity index (χ4v) is 0.607. The Morgan fingerprint density at radius 2 is 1.71 bits per heavy atom. The Labute approximate surface area is 102 Å². The van der Waals surface area contributed by atoms with E-state index in [1.54, 1.807) is 14.0 Å². The van der Waals surface area contributed by atoms with E-state index in [1.165, 1.54) is 28.1 Å². The summed E-state index contributed by atoms with van der Waals surface area (Å²) < 4.78 is 13.8. The molecule has 102 valence electrons. The average Bonchev–Trinajstić information content (AvgIpc) is 2.28. The Bertz CT molecular complexity index is 236. The number of ether oxygens (including phenoxy) is 3. The van der Waals surface area contributed by atoms with Crippen molar-refractivity contribution in [1.82, 2.24) is 0 Å². The molecule has 0 aliphatic heterocycles. The van der Waals surface area contributed by atoms with Crippen molar-refractivity contribution >= 4 is 11.9 Å². The van der Waals surface area contributed by atoms with Crippen LogP contribution in [-0.4, -0.2) is 50.6 Å². The summed E-state index contributed by atoms with van der Waals surface area (Å²) in [5.74, 6) is -1.32. The van der Waals surface area contributed by atoms with Gasteiger partial charge in [0.1, 0.15) is 0 Å². The van der Waals surface area contributed by atoms with Crippen LogP contribution >= 0.6 is 0 Å². The minimum atomic E-state index is -1.04. The van der Waals surface area contributed by atoms with Gasteiger partial charge in [0, 0.05) is 14.2 Å². The lowest BCUT2D eigenvalue weighted by molar-refractivity contribution is -0.157. The van der Waals surface area contributed by atoms with Gasteiger partial charge >= 0.3 is 11.9 Å². The van der Waals surface area contributed by atoms with Crippen LogP contribution in [0.3, 0.4) is 0 Å². The predicted molar refractivity (Wildman–Crippen MR) is 61.8 cm³/mol. The van der Waals surface area contributed by atoms with E-state index in [1.807, 2.05) is 0 Å². The van der Waals surface area contributed by atoms with E-state index in [9.17, 15) is 9.59 Å². The number of hydrogen-bond acceptors (Lipinski definition) is 5.